The van der Waals surface area contributed by atoms with Crippen molar-refractivity contribution in [1.82, 2.24) is 4.90 Å². The molecule has 0 N–H and O–H groups in total. The molecule has 0 atom stereocenters. The van der Waals surface area contributed by atoms with E-state index in [0.29, 0.717) is 23.8 Å². The van der Waals surface area contributed by atoms with Crippen LogP contribution in [-0.4, -0.2) is 29.3 Å². The number of Topliss-reactive ketones (excluding diaryl/α,β-unsaturated/α-hetero) is 1. The van der Waals surface area contributed by atoms with Gasteiger partial charge in [0.2, 0.25) is 0 Å². The number of ketones is 1. The Morgan fingerprint density at radius 3 is 2.13 bits per heavy atom. The van der Waals surface area contributed by atoms with Gasteiger partial charge in [0, 0.05) is 31.5 Å². The van der Waals surface area contributed by atoms with E-state index in [1.54, 1.807) is 0 Å². The maximum atomic E-state index is 11.2. The minimum Gasteiger partial charge on any atom is -0.300 e. The third kappa shape index (κ3) is 3.94. The minimum atomic E-state index is 0.458. The van der Waals surface area contributed by atoms with Crippen LogP contribution in [0.5, 0.6) is 0 Å². The second kappa shape index (κ2) is 5.64. The Kier molecular flexibility index (Phi) is 4.78. The first-order valence-corrected chi connectivity index (χ1v) is 6.28. The molecule has 88 valence electrons. The van der Waals surface area contributed by atoms with Gasteiger partial charge in [-0.1, -0.05) is 13.8 Å². The van der Waals surface area contributed by atoms with E-state index < -0.39 is 0 Å². The topological polar surface area (TPSA) is 20.3 Å². The van der Waals surface area contributed by atoms with Crippen LogP contribution < -0.4 is 0 Å². The Morgan fingerprint density at radius 1 is 1.20 bits per heavy atom. The number of carbonyl (C=O) groups excluding carboxylic acids is 1. The van der Waals surface area contributed by atoms with Crippen molar-refractivity contribution in [2.24, 2.45) is 5.92 Å². The lowest BCUT2D eigenvalue weighted by atomic mass is 9.92. The van der Waals surface area contributed by atoms with E-state index in [2.05, 4.69) is 32.6 Å². The van der Waals surface area contributed by atoms with E-state index in [-0.39, 0.29) is 0 Å². The van der Waals surface area contributed by atoms with Gasteiger partial charge in [-0.3, -0.25) is 9.69 Å². The van der Waals surface area contributed by atoms with Gasteiger partial charge < -0.3 is 0 Å². The molecule has 0 heterocycles. The van der Waals surface area contributed by atoms with Crippen molar-refractivity contribution in [3.8, 4) is 0 Å². The largest absolute Gasteiger partial charge is 0.300 e. The van der Waals surface area contributed by atoms with Crippen LogP contribution in [0.15, 0.2) is 0 Å². The Labute approximate surface area is 94.0 Å². The lowest BCUT2D eigenvalue weighted by Gasteiger charge is -2.38. The van der Waals surface area contributed by atoms with Gasteiger partial charge in [-0.05, 0) is 32.6 Å². The summed E-state index contributed by atoms with van der Waals surface area (Å²) in [6.45, 7) is 10.2. The summed E-state index contributed by atoms with van der Waals surface area (Å²) in [5, 5.41) is 0. The van der Waals surface area contributed by atoms with Crippen LogP contribution in [0.1, 0.15) is 53.4 Å². The normalized spacial score (nSPS) is 19.5. The molecular formula is C13H25NO. The Morgan fingerprint density at radius 2 is 1.73 bits per heavy atom. The van der Waals surface area contributed by atoms with Crippen molar-refractivity contribution in [3.05, 3.63) is 0 Å². The summed E-state index contributed by atoms with van der Waals surface area (Å²) in [5.41, 5.74) is 0. The maximum absolute atomic E-state index is 11.2. The predicted octanol–water partition coefficient (Wildman–Crippen LogP) is 2.86. The molecule has 15 heavy (non-hydrogen) atoms. The van der Waals surface area contributed by atoms with E-state index in [0.717, 1.165) is 32.2 Å². The second-order valence-electron chi connectivity index (χ2n) is 5.45. The molecule has 0 aromatic carbocycles. The van der Waals surface area contributed by atoms with Gasteiger partial charge in [0.15, 0.2) is 0 Å². The van der Waals surface area contributed by atoms with Crippen LogP contribution in [0.25, 0.3) is 0 Å². The van der Waals surface area contributed by atoms with Crippen LogP contribution in [0.3, 0.4) is 0 Å². The van der Waals surface area contributed by atoms with Crippen molar-refractivity contribution in [1.29, 1.82) is 0 Å². The molecule has 0 aromatic heterocycles. The molecule has 0 radical (unpaired) electrons. The zero-order chi connectivity index (χ0) is 11.4. The molecule has 2 nitrogen and oxygen atoms in total. The fourth-order valence-corrected chi connectivity index (χ4v) is 2.46. The molecule has 1 rings (SSSR count). The van der Waals surface area contributed by atoms with Gasteiger partial charge in [0.1, 0.15) is 5.78 Å². The van der Waals surface area contributed by atoms with Gasteiger partial charge in [0.25, 0.3) is 0 Å². The first-order valence-electron chi connectivity index (χ1n) is 6.28. The third-order valence-electron chi connectivity index (χ3n) is 3.22. The summed E-state index contributed by atoms with van der Waals surface area (Å²) < 4.78 is 0. The average molecular weight is 211 g/mol. The van der Waals surface area contributed by atoms with Crippen LogP contribution >= 0.6 is 0 Å². The summed E-state index contributed by atoms with van der Waals surface area (Å²) in [6.07, 6.45) is 3.74. The van der Waals surface area contributed by atoms with Gasteiger partial charge in [-0.2, -0.15) is 0 Å². The van der Waals surface area contributed by atoms with Gasteiger partial charge in [-0.15, -0.1) is 0 Å². The summed E-state index contributed by atoms with van der Waals surface area (Å²) >= 11 is 0. The van der Waals surface area contributed by atoms with Crippen LogP contribution in [0.2, 0.25) is 0 Å². The smallest absolute Gasteiger partial charge is 0.133 e. The Balaban J connectivity index is 2.52. The number of hydrogen-bond donors (Lipinski definition) is 0. The zero-order valence-corrected chi connectivity index (χ0v) is 10.6. The van der Waals surface area contributed by atoms with Gasteiger partial charge in [-0.25, -0.2) is 0 Å². The predicted molar refractivity (Wildman–Crippen MR) is 63.9 cm³/mol. The highest BCUT2D eigenvalue weighted by Crippen LogP contribution is 2.23. The van der Waals surface area contributed by atoms with Crippen LogP contribution in [-0.2, 0) is 4.79 Å². The molecule has 1 aliphatic carbocycles. The Hall–Kier alpha value is -0.370. The minimum absolute atomic E-state index is 0.458. The zero-order valence-electron chi connectivity index (χ0n) is 10.6. The van der Waals surface area contributed by atoms with E-state index in [4.69, 9.17) is 0 Å². The van der Waals surface area contributed by atoms with Crippen molar-refractivity contribution in [2.75, 3.05) is 6.54 Å². The van der Waals surface area contributed by atoms with E-state index in [1.165, 1.54) is 0 Å². The molecule has 0 unspecified atom stereocenters. The van der Waals surface area contributed by atoms with Crippen molar-refractivity contribution in [2.45, 2.75) is 65.5 Å². The number of carbonyl (C=O) groups is 1. The van der Waals surface area contributed by atoms with Crippen LogP contribution in [0, 0.1) is 5.92 Å². The molecule has 0 amide bonds. The Bertz CT molecular complexity index is 201. The molecule has 1 aliphatic rings. The lowest BCUT2D eigenvalue weighted by molar-refractivity contribution is -0.121. The van der Waals surface area contributed by atoms with Gasteiger partial charge in [0.05, 0.1) is 0 Å². The quantitative estimate of drug-likeness (QED) is 0.712. The fourth-order valence-electron chi connectivity index (χ4n) is 2.46. The summed E-state index contributed by atoms with van der Waals surface area (Å²) in [4.78, 5) is 13.8. The van der Waals surface area contributed by atoms with Crippen LogP contribution in [0.4, 0.5) is 0 Å². The van der Waals surface area contributed by atoms with Crippen molar-refractivity contribution in [3.63, 3.8) is 0 Å². The summed E-state index contributed by atoms with van der Waals surface area (Å²) in [5.74, 6) is 1.17. The number of hydrogen-bond acceptors (Lipinski definition) is 2. The summed E-state index contributed by atoms with van der Waals surface area (Å²) in [7, 11) is 0. The molecule has 0 spiro atoms. The SMILES string of the molecule is CC(C)CN(C(C)C)C1CCC(=O)CC1. The molecule has 1 fully saturated rings. The number of rotatable bonds is 4. The second-order valence-corrected chi connectivity index (χ2v) is 5.45. The van der Waals surface area contributed by atoms with E-state index >= 15 is 0 Å². The van der Waals surface area contributed by atoms with Crippen molar-refractivity contribution >= 4 is 5.78 Å². The highest BCUT2D eigenvalue weighted by Gasteiger charge is 2.26. The molecule has 1 saturated carbocycles. The molecular weight excluding hydrogens is 186 g/mol. The first kappa shape index (κ1) is 12.7. The molecule has 0 aliphatic heterocycles. The highest BCUT2D eigenvalue weighted by molar-refractivity contribution is 5.79. The third-order valence-corrected chi connectivity index (χ3v) is 3.22. The molecule has 0 aromatic rings. The monoisotopic (exact) mass is 211 g/mol. The maximum Gasteiger partial charge on any atom is 0.133 e. The average Bonchev–Trinajstić information content (AvgIpc) is 2.15. The molecule has 0 bridgehead atoms. The molecule has 0 saturated heterocycles. The summed E-state index contributed by atoms with van der Waals surface area (Å²) in [6, 6.07) is 1.25. The highest BCUT2D eigenvalue weighted by atomic mass is 16.1. The van der Waals surface area contributed by atoms with Crippen molar-refractivity contribution < 1.29 is 4.79 Å². The molecule has 2 heteroatoms. The number of nitrogens with zero attached hydrogens (tertiary/aromatic N) is 1. The van der Waals surface area contributed by atoms with Gasteiger partial charge >= 0.3 is 0 Å². The standard InChI is InChI=1S/C13H25NO/c1-10(2)9-14(11(3)4)12-5-7-13(15)8-6-12/h10-12H,5-9H2,1-4H3. The lowest BCUT2D eigenvalue weighted by Crippen LogP contribution is -2.44. The van der Waals surface area contributed by atoms with E-state index in [9.17, 15) is 4.79 Å². The fraction of sp³-hybridized carbons (Fsp3) is 0.923. The first-order chi connectivity index (χ1) is 7.00. The van der Waals surface area contributed by atoms with E-state index in [1.807, 2.05) is 0 Å².